The zero-order valence-corrected chi connectivity index (χ0v) is 21.5. The van der Waals surface area contributed by atoms with E-state index in [1.165, 1.54) is 10.5 Å². The number of allylic oxidation sites excluding steroid dienone is 5. The summed E-state index contributed by atoms with van der Waals surface area (Å²) in [6.45, 7) is 6.25. The van der Waals surface area contributed by atoms with Gasteiger partial charge in [-0.05, 0) is 0 Å². The van der Waals surface area contributed by atoms with E-state index in [1.54, 1.807) is 18.2 Å². The van der Waals surface area contributed by atoms with E-state index in [-0.39, 0.29) is 20.3 Å². The monoisotopic (exact) mass is 663 g/mol. The second kappa shape index (κ2) is 7.26. The molecule has 1 aromatic heterocycles. The molecule has 0 saturated heterocycles. The van der Waals surface area contributed by atoms with Gasteiger partial charge >= 0.3 is 194 Å². The number of aromatic hydroxyl groups is 1. The third kappa shape index (κ3) is 3.21. The number of aliphatic imine (C=N–C) groups is 1. The summed E-state index contributed by atoms with van der Waals surface area (Å²) in [6, 6.07) is 6.64. The minimum atomic E-state index is -2.33. The van der Waals surface area contributed by atoms with Crippen molar-refractivity contribution in [3.05, 3.63) is 60.3 Å². The van der Waals surface area contributed by atoms with E-state index in [0.29, 0.717) is 5.75 Å². The molecule has 2 aromatic rings. The van der Waals surface area contributed by atoms with Gasteiger partial charge in [0.2, 0.25) is 0 Å². The van der Waals surface area contributed by atoms with Crippen LogP contribution in [0.3, 0.4) is 0 Å². The van der Waals surface area contributed by atoms with Crippen molar-refractivity contribution in [2.45, 2.75) is 12.6 Å². The van der Waals surface area contributed by atoms with E-state index in [9.17, 15) is 9.90 Å². The number of benzene rings is 1. The van der Waals surface area contributed by atoms with Crippen molar-refractivity contribution in [3.63, 3.8) is 0 Å². The summed E-state index contributed by atoms with van der Waals surface area (Å²) < 4.78 is 3.71. The molecule has 136 valence electrons. The maximum absolute atomic E-state index is 12.1. The molecule has 2 aliphatic rings. The Labute approximate surface area is 192 Å². The quantitative estimate of drug-likeness (QED) is 0.228. The normalized spacial score (nSPS) is 20.6. The van der Waals surface area contributed by atoms with E-state index in [0.717, 1.165) is 33.4 Å². The van der Waals surface area contributed by atoms with E-state index in [4.69, 9.17) is 4.99 Å². The van der Waals surface area contributed by atoms with Gasteiger partial charge in [-0.1, -0.05) is 0 Å². The van der Waals surface area contributed by atoms with Gasteiger partial charge in [0.1, 0.15) is 0 Å². The summed E-state index contributed by atoms with van der Waals surface area (Å²) in [7, 11) is -2.33. The number of hydrogen-bond acceptors (Lipinski definition) is 3. The zero-order valence-electron chi connectivity index (χ0n) is 14.4. The SMILES string of the molecule is C=CC[Si]1(C)C2=CC(=O)C=CC2=Nc2ccc(O)c(-c3[se]c(I)cc3I)c21. The van der Waals surface area contributed by atoms with Crippen LogP contribution in [0.5, 0.6) is 5.75 Å². The molecule has 0 spiro atoms. The number of phenolic OH excluding ortho intramolecular Hbond substituents is 1. The van der Waals surface area contributed by atoms with Gasteiger partial charge in [0.05, 0.1) is 0 Å². The second-order valence-electron chi connectivity index (χ2n) is 6.70. The average Bonchev–Trinajstić information content (AvgIpc) is 2.95. The first-order chi connectivity index (χ1) is 12.8. The van der Waals surface area contributed by atoms with Crippen LogP contribution >= 0.6 is 45.2 Å². The molecule has 1 atom stereocenters. The number of phenols is 1. The van der Waals surface area contributed by atoms with Gasteiger partial charge in [0.25, 0.3) is 0 Å². The summed E-state index contributed by atoms with van der Waals surface area (Å²) >= 11 is 4.91. The second-order valence-corrected chi connectivity index (χ2v) is 17.0. The van der Waals surface area contributed by atoms with Crippen molar-refractivity contribution < 1.29 is 9.90 Å². The zero-order chi connectivity index (χ0) is 19.3. The van der Waals surface area contributed by atoms with Gasteiger partial charge in [-0.2, -0.15) is 0 Å². The van der Waals surface area contributed by atoms with Gasteiger partial charge in [0.15, 0.2) is 0 Å². The third-order valence-electron chi connectivity index (χ3n) is 4.95. The fourth-order valence-corrected chi connectivity index (χ4v) is 13.4. The Hall–Kier alpha value is -0.744. The molecule has 2 heterocycles. The van der Waals surface area contributed by atoms with Crippen LogP contribution in [0.15, 0.2) is 59.3 Å². The number of rotatable bonds is 3. The molecule has 0 fully saturated rings. The predicted molar refractivity (Wildman–Crippen MR) is 131 cm³/mol. The van der Waals surface area contributed by atoms with Crippen molar-refractivity contribution in [1.29, 1.82) is 0 Å². The fraction of sp³-hybridized carbons (Fsp3) is 0.100. The molecule has 1 N–H and O–H groups in total. The molecule has 1 unspecified atom stereocenters. The summed E-state index contributed by atoms with van der Waals surface area (Å²) in [6.07, 6.45) is 7.09. The number of hydrogen-bond donors (Lipinski definition) is 1. The molecule has 0 radical (unpaired) electrons. The molecule has 0 saturated carbocycles. The van der Waals surface area contributed by atoms with Crippen LogP contribution in [0, 0.1) is 6.01 Å². The molecule has 1 aromatic carbocycles. The maximum atomic E-state index is 12.1. The Balaban J connectivity index is 2.11. The Morgan fingerprint density at radius 1 is 1.33 bits per heavy atom. The average molecular weight is 662 g/mol. The van der Waals surface area contributed by atoms with Gasteiger partial charge in [-0.25, -0.2) is 0 Å². The molecule has 0 amide bonds. The van der Waals surface area contributed by atoms with Crippen molar-refractivity contribution in [2.75, 3.05) is 0 Å². The Morgan fingerprint density at radius 3 is 2.78 bits per heavy atom. The number of carbonyl (C=O) groups excluding carboxylic acids is 1. The molecule has 0 bridgehead atoms. The van der Waals surface area contributed by atoms with Crippen LogP contribution < -0.4 is 5.19 Å². The fourth-order valence-electron chi connectivity index (χ4n) is 3.79. The van der Waals surface area contributed by atoms with Gasteiger partial charge in [0, 0.05) is 0 Å². The minimum absolute atomic E-state index is 0.00647. The number of ketones is 1. The molecule has 4 rings (SSSR count). The number of halogens is 2. The molecule has 27 heavy (non-hydrogen) atoms. The van der Waals surface area contributed by atoms with Gasteiger partial charge < -0.3 is 0 Å². The van der Waals surface area contributed by atoms with Crippen LogP contribution in [0.25, 0.3) is 10.0 Å². The molecule has 1 aliphatic carbocycles. The summed E-state index contributed by atoms with van der Waals surface area (Å²) in [5.41, 5.74) is 2.73. The molecular weight excluding hydrogens is 647 g/mol. The van der Waals surface area contributed by atoms with Crippen molar-refractivity contribution in [1.82, 2.24) is 0 Å². The first-order valence-corrected chi connectivity index (χ1v) is 14.9. The third-order valence-corrected chi connectivity index (χ3v) is 14.4. The molecule has 7 heteroatoms. The van der Waals surface area contributed by atoms with Crippen LogP contribution in [0.2, 0.25) is 12.6 Å². The van der Waals surface area contributed by atoms with E-state index in [1.807, 2.05) is 18.2 Å². The van der Waals surface area contributed by atoms with Crippen LogP contribution in [-0.4, -0.2) is 39.2 Å². The summed E-state index contributed by atoms with van der Waals surface area (Å²) in [4.78, 5) is 17.0. The number of fused-ring (bicyclic) bond motifs is 2. The van der Waals surface area contributed by atoms with Gasteiger partial charge in [-0.15, -0.1) is 0 Å². The Kier molecular flexibility index (Phi) is 5.26. The van der Waals surface area contributed by atoms with E-state index < -0.39 is 8.07 Å². The van der Waals surface area contributed by atoms with Crippen molar-refractivity contribution in [3.8, 4) is 15.8 Å². The Morgan fingerprint density at radius 2 is 2.11 bits per heavy atom. The summed E-state index contributed by atoms with van der Waals surface area (Å²) in [5, 5.41) is 13.0. The predicted octanol–water partition coefficient (Wildman–Crippen LogP) is 4.49. The van der Waals surface area contributed by atoms with E-state index >= 15 is 0 Å². The van der Waals surface area contributed by atoms with Crippen LogP contribution in [-0.2, 0) is 4.79 Å². The first-order valence-electron chi connectivity index (χ1n) is 8.31. The summed E-state index contributed by atoms with van der Waals surface area (Å²) in [5.74, 6) is 0.311. The number of nitrogens with zero attached hydrogens (tertiary/aromatic N) is 1. The molecule has 1 aliphatic heterocycles. The first kappa shape index (κ1) is 19.6. The molecular formula is C20H15I2NO2SeSi. The van der Waals surface area contributed by atoms with Crippen molar-refractivity contribution >= 4 is 90.1 Å². The van der Waals surface area contributed by atoms with Crippen molar-refractivity contribution in [2.24, 2.45) is 4.99 Å². The van der Waals surface area contributed by atoms with Crippen LogP contribution in [0.1, 0.15) is 0 Å². The van der Waals surface area contributed by atoms with Crippen LogP contribution in [0.4, 0.5) is 5.69 Å². The van der Waals surface area contributed by atoms with E-state index in [2.05, 4.69) is 64.4 Å². The number of carbonyl (C=O) groups is 1. The Bertz CT molecular complexity index is 1100. The molecule has 3 nitrogen and oxygen atoms in total. The standard InChI is InChI=1S/C20H15I2NO2SeSi/c1-3-8-27(2)16-9-11(24)4-5-13(16)23-14-6-7-15(25)18(20(14)27)19-12(21)10-17(22)26-19/h3-7,9-10,25H,1,8H2,2H3. The van der Waals surface area contributed by atoms with Gasteiger partial charge in [-0.3, -0.25) is 0 Å². The topological polar surface area (TPSA) is 49.7 Å².